The molecule has 0 radical (unpaired) electrons. The molecule has 2 unspecified atom stereocenters. The van der Waals surface area contributed by atoms with Crippen LogP contribution in [0.4, 0.5) is 21.5 Å². The van der Waals surface area contributed by atoms with Crippen LogP contribution in [0.1, 0.15) is 36.0 Å². The third-order valence-electron chi connectivity index (χ3n) is 7.02. The van der Waals surface area contributed by atoms with E-state index >= 15 is 0 Å². The predicted molar refractivity (Wildman–Crippen MR) is 134 cm³/mol. The van der Waals surface area contributed by atoms with E-state index < -0.39 is 0 Å². The monoisotopic (exact) mass is 459 g/mol. The minimum atomic E-state index is -0.365. The molecule has 3 aromatic carbocycles. The number of halogens is 1. The van der Waals surface area contributed by atoms with Crippen LogP contribution in [0.2, 0.25) is 0 Å². The Bertz CT molecular complexity index is 1170. The van der Waals surface area contributed by atoms with Crippen molar-refractivity contribution in [2.45, 2.75) is 43.8 Å². The van der Waals surface area contributed by atoms with Crippen LogP contribution in [0.5, 0.6) is 5.75 Å². The van der Waals surface area contributed by atoms with Gasteiger partial charge in [-0.1, -0.05) is 18.2 Å². The Labute approximate surface area is 200 Å². The highest BCUT2D eigenvalue weighted by Crippen LogP contribution is 2.38. The summed E-state index contributed by atoms with van der Waals surface area (Å²) in [6.07, 6.45) is 4.53. The van der Waals surface area contributed by atoms with Crippen molar-refractivity contribution in [3.8, 4) is 5.75 Å². The summed E-state index contributed by atoms with van der Waals surface area (Å²) >= 11 is 0. The van der Waals surface area contributed by atoms with Crippen LogP contribution < -0.4 is 19.9 Å². The van der Waals surface area contributed by atoms with Crippen molar-refractivity contribution in [2.24, 2.45) is 0 Å². The molecule has 3 aromatic rings. The number of hydrogen-bond donors (Lipinski definition) is 1. The summed E-state index contributed by atoms with van der Waals surface area (Å²) in [5.74, 6) is 0.261. The number of anilines is 3. The van der Waals surface area contributed by atoms with Gasteiger partial charge in [-0.25, -0.2) is 4.39 Å². The lowest BCUT2D eigenvalue weighted by Gasteiger charge is -2.39. The lowest BCUT2D eigenvalue weighted by atomic mass is 9.96. The molecule has 2 heterocycles. The number of rotatable bonds is 6. The van der Waals surface area contributed by atoms with Gasteiger partial charge in [-0.2, -0.15) is 0 Å². The highest BCUT2D eigenvalue weighted by Gasteiger charge is 2.37. The van der Waals surface area contributed by atoms with Crippen LogP contribution in [-0.4, -0.2) is 38.2 Å². The van der Waals surface area contributed by atoms with Crippen molar-refractivity contribution < 1.29 is 13.9 Å². The third-order valence-corrected chi connectivity index (χ3v) is 7.02. The molecular weight excluding hydrogens is 429 g/mol. The summed E-state index contributed by atoms with van der Waals surface area (Å²) in [5, 5.41) is 3.73. The maximum Gasteiger partial charge on any atom is 0.258 e. The second-order valence-corrected chi connectivity index (χ2v) is 9.23. The van der Waals surface area contributed by atoms with Crippen LogP contribution in [0.3, 0.4) is 0 Å². The Morgan fingerprint density at radius 3 is 2.26 bits per heavy atom. The smallest absolute Gasteiger partial charge is 0.258 e. The molecule has 2 aliphatic heterocycles. The molecule has 34 heavy (non-hydrogen) atoms. The molecule has 1 N–H and O–H groups in total. The molecule has 0 aromatic heterocycles. The summed E-state index contributed by atoms with van der Waals surface area (Å²) in [6, 6.07) is 23.3. The Morgan fingerprint density at radius 2 is 1.56 bits per heavy atom. The molecule has 2 fully saturated rings. The fraction of sp³-hybridized carbons (Fsp3) is 0.321. The van der Waals surface area contributed by atoms with Crippen molar-refractivity contribution in [2.75, 3.05) is 24.0 Å². The number of benzene rings is 3. The van der Waals surface area contributed by atoms with Crippen LogP contribution in [0.25, 0.3) is 0 Å². The normalized spacial score (nSPS) is 21.2. The first-order valence-electron chi connectivity index (χ1n) is 11.8. The number of carbonyl (C=O) groups excluding carboxylic acids is 1. The molecule has 2 aliphatic rings. The molecular formula is C28H30FN3O2. The minimum absolute atomic E-state index is 0.177. The number of amides is 1. The van der Waals surface area contributed by atoms with Gasteiger partial charge in [0.15, 0.2) is 0 Å². The Hall–Kier alpha value is -3.38. The number of piperidine rings is 1. The van der Waals surface area contributed by atoms with Crippen molar-refractivity contribution >= 4 is 23.0 Å². The Balaban J connectivity index is 1.50. The van der Waals surface area contributed by atoms with Gasteiger partial charge in [0.1, 0.15) is 11.6 Å². The van der Waals surface area contributed by atoms with Gasteiger partial charge in [-0.3, -0.25) is 4.79 Å². The van der Waals surface area contributed by atoms with Gasteiger partial charge >= 0.3 is 0 Å². The second kappa shape index (κ2) is 9.47. The van der Waals surface area contributed by atoms with Gasteiger partial charge in [0.25, 0.3) is 5.91 Å². The first kappa shape index (κ1) is 22.4. The summed E-state index contributed by atoms with van der Waals surface area (Å²) in [6.45, 7) is 0. The first-order valence-corrected chi connectivity index (χ1v) is 11.8. The van der Waals surface area contributed by atoms with Crippen molar-refractivity contribution in [1.29, 1.82) is 0 Å². The molecule has 2 saturated heterocycles. The van der Waals surface area contributed by atoms with E-state index in [9.17, 15) is 9.18 Å². The second-order valence-electron chi connectivity index (χ2n) is 9.23. The van der Waals surface area contributed by atoms with Gasteiger partial charge in [-0.15, -0.1) is 0 Å². The van der Waals surface area contributed by atoms with Crippen molar-refractivity contribution in [3.05, 3.63) is 84.2 Å². The highest BCUT2D eigenvalue weighted by atomic mass is 19.1. The molecule has 0 spiro atoms. The van der Waals surface area contributed by atoms with Crippen LogP contribution in [-0.2, 0) is 0 Å². The van der Waals surface area contributed by atoms with Crippen LogP contribution in [0.15, 0.2) is 72.8 Å². The zero-order valence-electron chi connectivity index (χ0n) is 19.6. The Kier molecular flexibility index (Phi) is 6.24. The molecule has 5 nitrogen and oxygen atoms in total. The summed E-state index contributed by atoms with van der Waals surface area (Å²) in [7, 11) is 3.35. The number of carbonyl (C=O) groups is 1. The number of hydrogen-bond acceptors (Lipinski definition) is 4. The average molecular weight is 460 g/mol. The molecule has 5 rings (SSSR count). The van der Waals surface area contributed by atoms with Crippen LogP contribution in [0, 0.1) is 5.82 Å². The lowest BCUT2D eigenvalue weighted by Crippen LogP contribution is -2.46. The number of nitrogens with one attached hydrogen (secondary N) is 1. The number of ether oxygens (including phenoxy) is 1. The first-order chi connectivity index (χ1) is 16.5. The third kappa shape index (κ3) is 4.50. The maximum atomic E-state index is 13.7. The highest BCUT2D eigenvalue weighted by molar-refractivity contribution is 6.06. The van der Waals surface area contributed by atoms with Gasteiger partial charge in [0.2, 0.25) is 0 Å². The minimum Gasteiger partial charge on any atom is -0.497 e. The van der Waals surface area contributed by atoms with E-state index in [1.807, 2.05) is 30.3 Å². The van der Waals surface area contributed by atoms with E-state index in [0.29, 0.717) is 29.4 Å². The van der Waals surface area contributed by atoms with Crippen LogP contribution >= 0.6 is 0 Å². The zero-order chi connectivity index (χ0) is 23.7. The summed E-state index contributed by atoms with van der Waals surface area (Å²) in [4.78, 5) is 17.2. The number of nitrogens with zero attached hydrogens (tertiary/aromatic N) is 2. The zero-order valence-corrected chi connectivity index (χ0v) is 19.6. The van der Waals surface area contributed by atoms with E-state index in [-0.39, 0.29) is 11.7 Å². The lowest BCUT2D eigenvalue weighted by molar-refractivity contribution is 0.0993. The van der Waals surface area contributed by atoms with E-state index in [2.05, 4.69) is 28.4 Å². The van der Waals surface area contributed by atoms with E-state index in [1.165, 1.54) is 29.9 Å². The molecule has 2 atom stereocenters. The standard InChI is InChI=1S/C28H30FN3O2/c1-31(23-8-4-7-20(29)15-23)28(33)19-6-3-9-24(14-19)32(25-10-5-11-27(18-25)34-2)26-16-21-12-13-22(17-26)30-21/h3-11,14-15,18,21-22,26,30H,12-13,16-17H2,1-2H3. The molecule has 0 saturated carbocycles. The number of fused-ring (bicyclic) bond motifs is 2. The van der Waals surface area contributed by atoms with Crippen molar-refractivity contribution in [3.63, 3.8) is 0 Å². The quantitative estimate of drug-likeness (QED) is 0.526. The molecule has 176 valence electrons. The van der Waals surface area contributed by atoms with Gasteiger partial charge < -0.3 is 19.9 Å². The average Bonchev–Trinajstić information content (AvgIpc) is 3.21. The molecule has 1 amide bonds. The predicted octanol–water partition coefficient (Wildman–Crippen LogP) is 5.53. The topological polar surface area (TPSA) is 44.8 Å². The summed E-state index contributed by atoms with van der Waals surface area (Å²) < 4.78 is 19.2. The molecule has 0 aliphatic carbocycles. The SMILES string of the molecule is COc1cccc(N(c2cccc(C(=O)N(C)c3cccc(F)c3)c2)C2CC3CCC(C2)N3)c1. The van der Waals surface area contributed by atoms with Gasteiger partial charge in [0.05, 0.1) is 7.11 Å². The summed E-state index contributed by atoms with van der Waals surface area (Å²) in [5.41, 5.74) is 3.11. The Morgan fingerprint density at radius 1 is 0.912 bits per heavy atom. The van der Waals surface area contributed by atoms with E-state index in [4.69, 9.17) is 4.74 Å². The molecule has 2 bridgehead atoms. The molecule has 6 heteroatoms. The van der Waals surface area contributed by atoms with Gasteiger partial charge in [0, 0.05) is 53.9 Å². The van der Waals surface area contributed by atoms with Crippen molar-refractivity contribution in [1.82, 2.24) is 5.32 Å². The fourth-order valence-corrected chi connectivity index (χ4v) is 5.35. The van der Waals surface area contributed by atoms with Gasteiger partial charge in [-0.05, 0) is 74.2 Å². The van der Waals surface area contributed by atoms with E-state index in [0.717, 1.165) is 30.0 Å². The maximum absolute atomic E-state index is 13.7. The fourth-order valence-electron chi connectivity index (χ4n) is 5.35. The number of methoxy groups -OCH3 is 1. The largest absolute Gasteiger partial charge is 0.497 e. The van der Waals surface area contributed by atoms with E-state index in [1.54, 1.807) is 26.3 Å².